The van der Waals surface area contributed by atoms with E-state index in [1.165, 1.54) is 28.6 Å². The van der Waals surface area contributed by atoms with Crippen LogP contribution in [-0.4, -0.2) is 11.1 Å². The average molecular weight is 268 g/mol. The number of aromatic nitrogens is 1. The molecule has 0 aliphatic heterocycles. The third-order valence-electron chi connectivity index (χ3n) is 3.53. The van der Waals surface area contributed by atoms with Crippen molar-refractivity contribution in [2.75, 3.05) is 6.54 Å². The quantitative estimate of drug-likeness (QED) is 0.773. The molecule has 0 atom stereocenters. The van der Waals surface area contributed by atoms with Crippen LogP contribution in [0.25, 0.3) is 10.9 Å². The summed E-state index contributed by atoms with van der Waals surface area (Å²) in [5, 5.41) is 1.22. The zero-order valence-electron chi connectivity index (χ0n) is 11.2. The Labute approximate surface area is 117 Å². The van der Waals surface area contributed by atoms with Crippen molar-refractivity contribution in [1.82, 2.24) is 4.57 Å². The third-order valence-corrected chi connectivity index (χ3v) is 3.53. The van der Waals surface area contributed by atoms with Gasteiger partial charge in [-0.25, -0.2) is 4.39 Å². The molecule has 2 N–H and O–H groups in total. The van der Waals surface area contributed by atoms with Gasteiger partial charge in [0.25, 0.3) is 0 Å². The van der Waals surface area contributed by atoms with Crippen LogP contribution in [0.3, 0.4) is 0 Å². The van der Waals surface area contributed by atoms with Gasteiger partial charge in [-0.05, 0) is 59.8 Å². The van der Waals surface area contributed by atoms with Crippen LogP contribution >= 0.6 is 0 Å². The lowest BCUT2D eigenvalue weighted by atomic mass is 10.1. The van der Waals surface area contributed by atoms with Crippen molar-refractivity contribution < 1.29 is 4.39 Å². The zero-order chi connectivity index (χ0) is 13.9. The first-order chi connectivity index (χ1) is 9.76. The molecule has 0 spiro atoms. The van der Waals surface area contributed by atoms with Gasteiger partial charge in [0, 0.05) is 18.3 Å². The Hall–Kier alpha value is -2.13. The van der Waals surface area contributed by atoms with Crippen molar-refractivity contribution in [1.29, 1.82) is 0 Å². The SMILES string of the molecule is NCCc1ccc2c(ccn2Cc2ccc(F)cc2)c1. The van der Waals surface area contributed by atoms with Gasteiger partial charge in [0.1, 0.15) is 5.82 Å². The van der Waals surface area contributed by atoms with E-state index < -0.39 is 0 Å². The smallest absolute Gasteiger partial charge is 0.123 e. The van der Waals surface area contributed by atoms with E-state index >= 15 is 0 Å². The van der Waals surface area contributed by atoms with Gasteiger partial charge >= 0.3 is 0 Å². The monoisotopic (exact) mass is 268 g/mol. The van der Waals surface area contributed by atoms with E-state index in [4.69, 9.17) is 5.73 Å². The predicted molar refractivity (Wildman–Crippen MR) is 80.2 cm³/mol. The molecule has 0 aliphatic carbocycles. The van der Waals surface area contributed by atoms with E-state index in [-0.39, 0.29) is 5.82 Å². The molecule has 3 aromatic rings. The van der Waals surface area contributed by atoms with Crippen LogP contribution in [0, 0.1) is 5.82 Å². The summed E-state index contributed by atoms with van der Waals surface area (Å²) in [5.41, 5.74) is 9.13. The van der Waals surface area contributed by atoms with Crippen molar-refractivity contribution in [3.8, 4) is 0 Å². The Balaban J connectivity index is 1.90. The molecular weight excluding hydrogens is 251 g/mol. The molecule has 0 saturated heterocycles. The van der Waals surface area contributed by atoms with Crippen molar-refractivity contribution in [3.05, 3.63) is 71.7 Å². The zero-order valence-corrected chi connectivity index (χ0v) is 11.2. The molecule has 0 aliphatic rings. The van der Waals surface area contributed by atoms with Crippen LogP contribution in [0.4, 0.5) is 4.39 Å². The van der Waals surface area contributed by atoms with Gasteiger partial charge in [0.15, 0.2) is 0 Å². The lowest BCUT2D eigenvalue weighted by Crippen LogP contribution is -2.02. The maximum Gasteiger partial charge on any atom is 0.123 e. The van der Waals surface area contributed by atoms with E-state index in [9.17, 15) is 4.39 Å². The fourth-order valence-corrected chi connectivity index (χ4v) is 2.50. The maximum atomic E-state index is 12.9. The summed E-state index contributed by atoms with van der Waals surface area (Å²) in [5.74, 6) is -0.197. The Bertz CT molecular complexity index is 713. The highest BCUT2D eigenvalue weighted by molar-refractivity contribution is 5.81. The highest BCUT2D eigenvalue weighted by Crippen LogP contribution is 2.19. The minimum absolute atomic E-state index is 0.197. The van der Waals surface area contributed by atoms with Crippen LogP contribution in [-0.2, 0) is 13.0 Å². The second-order valence-corrected chi connectivity index (χ2v) is 5.00. The molecule has 1 aromatic heterocycles. The van der Waals surface area contributed by atoms with Crippen LogP contribution in [0.5, 0.6) is 0 Å². The molecule has 2 nitrogen and oxygen atoms in total. The summed E-state index contributed by atoms with van der Waals surface area (Å²) in [6.07, 6.45) is 2.97. The van der Waals surface area contributed by atoms with Crippen LogP contribution < -0.4 is 5.73 Å². The Morgan fingerprint density at radius 2 is 1.70 bits per heavy atom. The fraction of sp³-hybridized carbons (Fsp3) is 0.176. The minimum atomic E-state index is -0.197. The second kappa shape index (κ2) is 5.47. The molecule has 3 rings (SSSR count). The number of hydrogen-bond donors (Lipinski definition) is 1. The van der Waals surface area contributed by atoms with Crippen molar-refractivity contribution >= 4 is 10.9 Å². The van der Waals surface area contributed by atoms with Crippen LogP contribution in [0.15, 0.2) is 54.7 Å². The maximum absolute atomic E-state index is 12.9. The number of nitrogens with zero attached hydrogens (tertiary/aromatic N) is 1. The van der Waals surface area contributed by atoms with Crippen molar-refractivity contribution in [3.63, 3.8) is 0 Å². The lowest BCUT2D eigenvalue weighted by molar-refractivity contribution is 0.626. The molecule has 0 amide bonds. The molecule has 0 radical (unpaired) electrons. The average Bonchev–Trinajstić information content (AvgIpc) is 2.84. The highest BCUT2D eigenvalue weighted by atomic mass is 19.1. The van der Waals surface area contributed by atoms with Gasteiger partial charge < -0.3 is 10.3 Å². The summed E-state index contributed by atoms with van der Waals surface area (Å²) in [7, 11) is 0. The van der Waals surface area contributed by atoms with Gasteiger partial charge in [-0.2, -0.15) is 0 Å². The molecular formula is C17H17FN2. The van der Waals surface area contributed by atoms with Crippen molar-refractivity contribution in [2.24, 2.45) is 5.73 Å². The number of hydrogen-bond acceptors (Lipinski definition) is 1. The van der Waals surface area contributed by atoms with Gasteiger partial charge in [-0.15, -0.1) is 0 Å². The van der Waals surface area contributed by atoms with E-state index in [2.05, 4.69) is 35.0 Å². The topological polar surface area (TPSA) is 30.9 Å². The first kappa shape index (κ1) is 12.9. The van der Waals surface area contributed by atoms with Gasteiger partial charge in [-0.3, -0.25) is 0 Å². The summed E-state index contributed by atoms with van der Waals surface area (Å²) >= 11 is 0. The number of nitrogens with two attached hydrogens (primary N) is 1. The first-order valence-corrected chi connectivity index (χ1v) is 6.78. The predicted octanol–water partition coefficient (Wildman–Crippen LogP) is 3.33. The third kappa shape index (κ3) is 2.58. The minimum Gasteiger partial charge on any atom is -0.343 e. The van der Waals surface area contributed by atoms with Gasteiger partial charge in [0.05, 0.1) is 0 Å². The van der Waals surface area contributed by atoms with Gasteiger partial charge in [-0.1, -0.05) is 18.2 Å². The summed E-state index contributed by atoms with van der Waals surface area (Å²) in [4.78, 5) is 0. The normalized spacial score (nSPS) is 11.1. The second-order valence-electron chi connectivity index (χ2n) is 5.00. The molecule has 102 valence electrons. The number of fused-ring (bicyclic) bond motifs is 1. The molecule has 20 heavy (non-hydrogen) atoms. The lowest BCUT2D eigenvalue weighted by Gasteiger charge is -2.06. The molecule has 1 heterocycles. The molecule has 3 heteroatoms. The molecule has 0 fully saturated rings. The summed E-state index contributed by atoms with van der Waals surface area (Å²) in [6.45, 7) is 1.42. The largest absolute Gasteiger partial charge is 0.343 e. The summed E-state index contributed by atoms with van der Waals surface area (Å²) < 4.78 is 15.1. The fourth-order valence-electron chi connectivity index (χ4n) is 2.50. The number of benzene rings is 2. The molecule has 0 saturated carbocycles. The molecule has 0 unspecified atom stereocenters. The standard InChI is InChI=1S/C17H17FN2/c18-16-4-1-14(2-5-16)12-20-10-8-15-11-13(7-9-19)3-6-17(15)20/h1-6,8,10-11H,7,9,12,19H2. The van der Waals surface area contributed by atoms with Crippen molar-refractivity contribution in [2.45, 2.75) is 13.0 Å². The van der Waals surface area contributed by atoms with E-state index in [0.29, 0.717) is 6.54 Å². The summed E-state index contributed by atoms with van der Waals surface area (Å²) in [6, 6.07) is 15.2. The van der Waals surface area contributed by atoms with E-state index in [0.717, 1.165) is 18.5 Å². The van der Waals surface area contributed by atoms with E-state index in [1.54, 1.807) is 0 Å². The Morgan fingerprint density at radius 1 is 0.950 bits per heavy atom. The molecule has 2 aromatic carbocycles. The Morgan fingerprint density at radius 3 is 2.45 bits per heavy atom. The Kier molecular flexibility index (Phi) is 3.52. The molecule has 0 bridgehead atoms. The van der Waals surface area contributed by atoms with Gasteiger partial charge in [0.2, 0.25) is 0 Å². The number of halogens is 1. The van der Waals surface area contributed by atoms with Crippen LogP contribution in [0.1, 0.15) is 11.1 Å². The number of rotatable bonds is 4. The highest BCUT2D eigenvalue weighted by Gasteiger charge is 2.03. The van der Waals surface area contributed by atoms with E-state index in [1.807, 2.05) is 12.1 Å². The van der Waals surface area contributed by atoms with Crippen LogP contribution in [0.2, 0.25) is 0 Å². The first-order valence-electron chi connectivity index (χ1n) is 6.78.